The summed E-state index contributed by atoms with van der Waals surface area (Å²) in [7, 11) is 0. The highest BCUT2D eigenvalue weighted by Crippen LogP contribution is 2.14. The number of anilines is 2. The van der Waals surface area contributed by atoms with Crippen molar-refractivity contribution in [3.63, 3.8) is 0 Å². The summed E-state index contributed by atoms with van der Waals surface area (Å²) in [5, 5.41) is 18.8. The molecule has 0 radical (unpaired) electrons. The van der Waals surface area contributed by atoms with Crippen LogP contribution in [0.5, 0.6) is 0 Å². The standard InChI is InChI=1S/C12H11N5O3/c18-6-5-7-1-3-8(4-2-7)13-11-12(19)15-10-9(14-11)16-20-17-10/h1-4,18H,5-6H2,(H,13,14,16)(H,15,17,19). The maximum Gasteiger partial charge on any atom is 0.292 e. The van der Waals surface area contributed by atoms with E-state index in [2.05, 4.69) is 30.2 Å². The van der Waals surface area contributed by atoms with Crippen molar-refractivity contribution >= 4 is 22.8 Å². The summed E-state index contributed by atoms with van der Waals surface area (Å²) in [5.41, 5.74) is 1.74. The van der Waals surface area contributed by atoms with Gasteiger partial charge in [0.25, 0.3) is 5.56 Å². The van der Waals surface area contributed by atoms with Gasteiger partial charge in [-0.1, -0.05) is 12.1 Å². The fourth-order valence-corrected chi connectivity index (χ4v) is 1.76. The second-order valence-electron chi connectivity index (χ2n) is 4.15. The summed E-state index contributed by atoms with van der Waals surface area (Å²) in [6.07, 6.45) is 0.593. The number of aromatic amines is 1. The highest BCUT2D eigenvalue weighted by molar-refractivity contribution is 5.67. The zero-order valence-electron chi connectivity index (χ0n) is 10.3. The normalized spacial score (nSPS) is 10.8. The minimum Gasteiger partial charge on any atom is -0.396 e. The van der Waals surface area contributed by atoms with Crippen molar-refractivity contribution in [2.45, 2.75) is 6.42 Å². The van der Waals surface area contributed by atoms with Crippen LogP contribution in [0.3, 0.4) is 0 Å². The fourth-order valence-electron chi connectivity index (χ4n) is 1.76. The first-order chi connectivity index (χ1) is 9.76. The number of hydrogen-bond donors (Lipinski definition) is 3. The van der Waals surface area contributed by atoms with Crippen LogP contribution in [0.2, 0.25) is 0 Å². The molecule has 0 aliphatic carbocycles. The summed E-state index contributed by atoms with van der Waals surface area (Å²) >= 11 is 0. The van der Waals surface area contributed by atoms with Crippen LogP contribution < -0.4 is 10.9 Å². The maximum atomic E-state index is 11.8. The molecule has 0 aliphatic heterocycles. The zero-order chi connectivity index (χ0) is 13.9. The third-order valence-electron chi connectivity index (χ3n) is 2.75. The smallest absolute Gasteiger partial charge is 0.292 e. The van der Waals surface area contributed by atoms with E-state index in [0.717, 1.165) is 5.56 Å². The summed E-state index contributed by atoms with van der Waals surface area (Å²) in [5.74, 6) is 0.114. The number of aliphatic hydroxyl groups is 1. The van der Waals surface area contributed by atoms with Crippen molar-refractivity contribution < 1.29 is 9.74 Å². The number of H-pyrrole nitrogens is 1. The third kappa shape index (κ3) is 2.36. The highest BCUT2D eigenvalue weighted by Gasteiger charge is 2.08. The van der Waals surface area contributed by atoms with Crippen molar-refractivity contribution in [2.24, 2.45) is 0 Å². The van der Waals surface area contributed by atoms with E-state index >= 15 is 0 Å². The van der Waals surface area contributed by atoms with Crippen LogP contribution in [-0.4, -0.2) is 32.0 Å². The number of benzene rings is 1. The van der Waals surface area contributed by atoms with E-state index in [1.165, 1.54) is 0 Å². The quantitative estimate of drug-likeness (QED) is 0.636. The first-order valence-electron chi connectivity index (χ1n) is 5.95. The van der Waals surface area contributed by atoms with Gasteiger partial charge >= 0.3 is 0 Å². The summed E-state index contributed by atoms with van der Waals surface area (Å²) in [6, 6.07) is 7.33. The van der Waals surface area contributed by atoms with E-state index in [1.807, 2.05) is 12.1 Å². The third-order valence-corrected chi connectivity index (χ3v) is 2.75. The molecule has 8 heteroatoms. The molecule has 0 saturated heterocycles. The Bertz CT molecular complexity index is 778. The molecule has 0 aliphatic rings. The van der Waals surface area contributed by atoms with Crippen molar-refractivity contribution in [1.29, 1.82) is 0 Å². The van der Waals surface area contributed by atoms with Crippen LogP contribution in [0.1, 0.15) is 5.56 Å². The predicted octanol–water partition coefficient (Wildman–Crippen LogP) is 0.584. The molecule has 0 unspecified atom stereocenters. The molecule has 0 saturated carbocycles. The average molecular weight is 273 g/mol. The molecule has 3 N–H and O–H groups in total. The van der Waals surface area contributed by atoms with Gasteiger partial charge in [0, 0.05) is 12.3 Å². The molecule has 0 amide bonds. The number of rotatable bonds is 4. The average Bonchev–Trinajstić information content (AvgIpc) is 2.89. The Morgan fingerprint density at radius 3 is 2.80 bits per heavy atom. The van der Waals surface area contributed by atoms with Crippen LogP contribution in [-0.2, 0) is 6.42 Å². The van der Waals surface area contributed by atoms with E-state index in [9.17, 15) is 4.79 Å². The topological polar surface area (TPSA) is 117 Å². The lowest BCUT2D eigenvalue weighted by atomic mass is 10.1. The van der Waals surface area contributed by atoms with Gasteiger partial charge in [-0.3, -0.25) is 9.78 Å². The van der Waals surface area contributed by atoms with E-state index < -0.39 is 5.56 Å². The van der Waals surface area contributed by atoms with Crippen LogP contribution in [0.4, 0.5) is 11.5 Å². The van der Waals surface area contributed by atoms with E-state index in [0.29, 0.717) is 12.1 Å². The van der Waals surface area contributed by atoms with Crippen molar-refractivity contribution in [1.82, 2.24) is 20.3 Å². The lowest BCUT2D eigenvalue weighted by Crippen LogP contribution is -2.13. The Labute approximate surface area is 112 Å². The van der Waals surface area contributed by atoms with Gasteiger partial charge in [0.1, 0.15) is 0 Å². The molecule has 0 bridgehead atoms. The number of hydrogen-bond acceptors (Lipinski definition) is 7. The molecule has 3 rings (SSSR count). The Balaban J connectivity index is 1.88. The number of aromatic nitrogens is 4. The number of nitrogens with zero attached hydrogens (tertiary/aromatic N) is 3. The number of fused-ring (bicyclic) bond motifs is 1. The second-order valence-corrected chi connectivity index (χ2v) is 4.15. The van der Waals surface area contributed by atoms with Crippen molar-refractivity contribution in [3.05, 3.63) is 40.2 Å². The molecular formula is C12H11N5O3. The largest absolute Gasteiger partial charge is 0.396 e. The van der Waals surface area contributed by atoms with Gasteiger partial charge in [-0.15, -0.1) is 0 Å². The molecule has 1 aromatic carbocycles. The Morgan fingerprint density at radius 2 is 2.05 bits per heavy atom. The van der Waals surface area contributed by atoms with E-state index in [-0.39, 0.29) is 23.7 Å². The molecule has 0 fully saturated rings. The molecule has 8 nitrogen and oxygen atoms in total. The van der Waals surface area contributed by atoms with Crippen LogP contribution >= 0.6 is 0 Å². The second kappa shape index (κ2) is 5.10. The van der Waals surface area contributed by atoms with Crippen LogP contribution in [0.25, 0.3) is 11.3 Å². The monoisotopic (exact) mass is 273 g/mol. The van der Waals surface area contributed by atoms with Crippen LogP contribution in [0.15, 0.2) is 33.7 Å². The van der Waals surface area contributed by atoms with Crippen molar-refractivity contribution in [2.75, 3.05) is 11.9 Å². The van der Waals surface area contributed by atoms with Crippen molar-refractivity contribution in [3.8, 4) is 0 Å². The maximum absolute atomic E-state index is 11.8. The lowest BCUT2D eigenvalue weighted by Gasteiger charge is -2.05. The molecule has 102 valence electrons. The molecule has 0 spiro atoms. The lowest BCUT2D eigenvalue weighted by molar-refractivity contribution is 0.299. The molecule has 0 atom stereocenters. The predicted molar refractivity (Wildman–Crippen MR) is 70.7 cm³/mol. The molecule has 2 heterocycles. The summed E-state index contributed by atoms with van der Waals surface area (Å²) in [4.78, 5) is 18.3. The molecular weight excluding hydrogens is 262 g/mol. The van der Waals surface area contributed by atoms with Gasteiger partial charge in [0.2, 0.25) is 11.3 Å². The zero-order valence-corrected chi connectivity index (χ0v) is 10.3. The SMILES string of the molecule is O=c1[nH]c2nonc2nc1Nc1ccc(CCO)cc1. The molecule has 20 heavy (non-hydrogen) atoms. The number of aliphatic hydroxyl groups excluding tert-OH is 1. The minimum atomic E-state index is -0.410. The molecule has 2 aromatic heterocycles. The fraction of sp³-hybridized carbons (Fsp3) is 0.167. The van der Waals surface area contributed by atoms with Gasteiger partial charge < -0.3 is 10.4 Å². The first-order valence-corrected chi connectivity index (χ1v) is 5.95. The summed E-state index contributed by atoms with van der Waals surface area (Å²) < 4.78 is 4.48. The number of nitrogens with one attached hydrogen (secondary N) is 2. The Hall–Kier alpha value is -2.74. The van der Waals surface area contributed by atoms with Gasteiger partial charge in [0.05, 0.1) is 0 Å². The van der Waals surface area contributed by atoms with Gasteiger partial charge in [0.15, 0.2) is 5.82 Å². The van der Waals surface area contributed by atoms with Gasteiger partial charge in [-0.25, -0.2) is 4.63 Å². The molecule has 3 aromatic rings. The Kier molecular flexibility index (Phi) is 3.13. The van der Waals surface area contributed by atoms with Gasteiger partial charge in [-0.2, -0.15) is 4.98 Å². The van der Waals surface area contributed by atoms with E-state index in [1.54, 1.807) is 12.1 Å². The Morgan fingerprint density at radius 1 is 1.25 bits per heavy atom. The summed E-state index contributed by atoms with van der Waals surface area (Å²) in [6.45, 7) is 0.101. The van der Waals surface area contributed by atoms with E-state index in [4.69, 9.17) is 5.11 Å². The first kappa shape index (κ1) is 12.3. The van der Waals surface area contributed by atoms with Crippen LogP contribution in [0, 0.1) is 0 Å². The highest BCUT2D eigenvalue weighted by atomic mass is 16.6. The minimum absolute atomic E-state index is 0.101. The van der Waals surface area contributed by atoms with Gasteiger partial charge in [-0.05, 0) is 34.4 Å².